The lowest BCUT2D eigenvalue weighted by molar-refractivity contribution is -0.136. The monoisotopic (exact) mass is 379 g/mol. The first kappa shape index (κ1) is 22.4. The van der Waals surface area contributed by atoms with Gasteiger partial charge in [0.2, 0.25) is 17.7 Å². The van der Waals surface area contributed by atoms with Crippen molar-refractivity contribution in [3.05, 3.63) is 29.8 Å². The smallest absolute Gasteiger partial charge is 0.244 e. The molecule has 0 aliphatic carbocycles. The maximum Gasteiger partial charge on any atom is 0.244 e. The second-order valence-electron chi connectivity index (χ2n) is 6.79. The van der Waals surface area contributed by atoms with Crippen LogP contribution in [0.4, 0.5) is 0 Å². The fourth-order valence-corrected chi connectivity index (χ4v) is 2.79. The van der Waals surface area contributed by atoms with Crippen LogP contribution in [-0.2, 0) is 20.8 Å². The lowest BCUT2D eigenvalue weighted by Gasteiger charge is -2.22. The van der Waals surface area contributed by atoms with Gasteiger partial charge in [-0.1, -0.05) is 26.0 Å². The van der Waals surface area contributed by atoms with Gasteiger partial charge in [0.15, 0.2) is 0 Å². The number of nitrogens with one attached hydrogen (secondary N) is 3. The zero-order valence-corrected chi connectivity index (χ0v) is 16.2. The standard InChI is InChI=1S/C19H29N3O5/c1-12(2)9-14(11-17(23)22-26)18(24)21-16(19(25)20-3)10-13-5-7-15(27-4)8-6-13/h5-8,12,14,16,26H,9-11H2,1-4H3,(H,20,25)(H,21,24)(H,22,23)/t14?,16-/m0/s1. The molecule has 3 amide bonds. The number of carbonyl (C=O) groups is 3. The summed E-state index contributed by atoms with van der Waals surface area (Å²) in [4.78, 5) is 36.4. The minimum Gasteiger partial charge on any atom is -0.497 e. The van der Waals surface area contributed by atoms with Gasteiger partial charge < -0.3 is 15.4 Å². The van der Waals surface area contributed by atoms with Gasteiger partial charge in [-0.05, 0) is 30.0 Å². The summed E-state index contributed by atoms with van der Waals surface area (Å²) in [6, 6.07) is 6.44. The molecular formula is C19H29N3O5. The van der Waals surface area contributed by atoms with Crippen LogP contribution < -0.4 is 20.9 Å². The van der Waals surface area contributed by atoms with Crippen molar-refractivity contribution >= 4 is 17.7 Å². The Morgan fingerprint density at radius 3 is 2.22 bits per heavy atom. The highest BCUT2D eigenvalue weighted by Gasteiger charge is 2.27. The zero-order valence-electron chi connectivity index (χ0n) is 16.2. The van der Waals surface area contributed by atoms with Gasteiger partial charge in [-0.3, -0.25) is 19.6 Å². The molecule has 0 aliphatic rings. The van der Waals surface area contributed by atoms with Crippen molar-refractivity contribution in [3.63, 3.8) is 0 Å². The molecule has 27 heavy (non-hydrogen) atoms. The zero-order chi connectivity index (χ0) is 20.4. The highest BCUT2D eigenvalue weighted by Crippen LogP contribution is 2.17. The molecule has 8 heteroatoms. The van der Waals surface area contributed by atoms with Crippen molar-refractivity contribution in [2.45, 2.75) is 39.2 Å². The summed E-state index contributed by atoms with van der Waals surface area (Å²) in [5.41, 5.74) is 2.41. The van der Waals surface area contributed by atoms with Gasteiger partial charge in [0.25, 0.3) is 0 Å². The molecule has 1 rings (SSSR count). The van der Waals surface area contributed by atoms with E-state index in [0.717, 1.165) is 5.56 Å². The average molecular weight is 379 g/mol. The quantitative estimate of drug-likeness (QED) is 0.358. The molecule has 1 aromatic carbocycles. The molecular weight excluding hydrogens is 350 g/mol. The van der Waals surface area contributed by atoms with Crippen molar-refractivity contribution < 1.29 is 24.3 Å². The molecule has 8 nitrogen and oxygen atoms in total. The minimum atomic E-state index is -0.775. The fraction of sp³-hybridized carbons (Fsp3) is 0.526. The predicted molar refractivity (Wildman–Crippen MR) is 100 cm³/mol. The van der Waals surface area contributed by atoms with Gasteiger partial charge in [0.05, 0.1) is 7.11 Å². The third-order valence-corrected chi connectivity index (χ3v) is 4.16. The van der Waals surface area contributed by atoms with E-state index >= 15 is 0 Å². The predicted octanol–water partition coefficient (Wildman–Crippen LogP) is 1.03. The average Bonchev–Trinajstić information content (AvgIpc) is 2.66. The van der Waals surface area contributed by atoms with Crippen LogP contribution >= 0.6 is 0 Å². The summed E-state index contributed by atoms with van der Waals surface area (Å²) < 4.78 is 5.12. The highest BCUT2D eigenvalue weighted by molar-refractivity contribution is 5.90. The van der Waals surface area contributed by atoms with E-state index in [4.69, 9.17) is 9.94 Å². The molecule has 1 aromatic rings. The number of amides is 3. The number of likely N-dealkylation sites (N-methyl/N-ethyl adjacent to an activating group) is 1. The van der Waals surface area contributed by atoms with Crippen LogP contribution in [0.3, 0.4) is 0 Å². The van der Waals surface area contributed by atoms with E-state index in [1.165, 1.54) is 7.05 Å². The Hall–Kier alpha value is -2.61. The molecule has 0 aromatic heterocycles. The number of hydrogen-bond acceptors (Lipinski definition) is 5. The van der Waals surface area contributed by atoms with E-state index in [1.807, 2.05) is 26.0 Å². The number of benzene rings is 1. The van der Waals surface area contributed by atoms with Gasteiger partial charge in [-0.15, -0.1) is 0 Å². The molecule has 150 valence electrons. The number of rotatable bonds is 10. The lowest BCUT2D eigenvalue weighted by atomic mass is 9.92. The number of ether oxygens (including phenoxy) is 1. The second-order valence-corrected chi connectivity index (χ2v) is 6.79. The summed E-state index contributed by atoms with van der Waals surface area (Å²) in [5, 5.41) is 14.0. The van der Waals surface area contributed by atoms with Crippen LogP contribution in [0, 0.1) is 11.8 Å². The van der Waals surface area contributed by atoms with Crippen molar-refractivity contribution in [2.75, 3.05) is 14.2 Å². The Morgan fingerprint density at radius 2 is 1.74 bits per heavy atom. The van der Waals surface area contributed by atoms with E-state index in [0.29, 0.717) is 18.6 Å². The van der Waals surface area contributed by atoms with Crippen molar-refractivity contribution in [2.24, 2.45) is 11.8 Å². The molecule has 0 saturated carbocycles. The van der Waals surface area contributed by atoms with Crippen molar-refractivity contribution in [1.82, 2.24) is 16.1 Å². The van der Waals surface area contributed by atoms with Crippen LogP contribution in [0.1, 0.15) is 32.3 Å². The summed E-state index contributed by atoms with van der Waals surface area (Å²) in [6.07, 6.45) is 0.613. The first-order chi connectivity index (χ1) is 12.8. The van der Waals surface area contributed by atoms with E-state index in [2.05, 4.69) is 10.6 Å². The fourth-order valence-electron chi connectivity index (χ4n) is 2.79. The van der Waals surface area contributed by atoms with Gasteiger partial charge in [-0.2, -0.15) is 0 Å². The third kappa shape index (κ3) is 7.65. The maximum atomic E-state index is 12.7. The molecule has 0 fully saturated rings. The molecule has 0 radical (unpaired) electrons. The minimum absolute atomic E-state index is 0.149. The summed E-state index contributed by atoms with van der Waals surface area (Å²) >= 11 is 0. The molecule has 0 spiro atoms. The van der Waals surface area contributed by atoms with Gasteiger partial charge in [0.1, 0.15) is 11.8 Å². The SMILES string of the molecule is CNC(=O)[C@H](Cc1ccc(OC)cc1)NC(=O)C(CC(=O)NO)CC(C)C. The Morgan fingerprint density at radius 1 is 1.11 bits per heavy atom. The Labute approximate surface area is 159 Å². The highest BCUT2D eigenvalue weighted by atomic mass is 16.5. The molecule has 0 bridgehead atoms. The Bertz CT molecular complexity index is 631. The summed E-state index contributed by atoms with van der Waals surface area (Å²) in [5.74, 6) is -1.12. The van der Waals surface area contributed by atoms with Crippen molar-refractivity contribution in [1.29, 1.82) is 0 Å². The van der Waals surface area contributed by atoms with Crippen LogP contribution in [-0.4, -0.2) is 43.1 Å². The summed E-state index contributed by atoms with van der Waals surface area (Å²) in [6.45, 7) is 3.87. The molecule has 4 N–H and O–H groups in total. The van der Waals surface area contributed by atoms with Crippen LogP contribution in [0.2, 0.25) is 0 Å². The van der Waals surface area contributed by atoms with E-state index in [9.17, 15) is 14.4 Å². The first-order valence-electron chi connectivity index (χ1n) is 8.88. The Balaban J connectivity index is 2.89. The third-order valence-electron chi connectivity index (χ3n) is 4.16. The van der Waals surface area contributed by atoms with E-state index in [-0.39, 0.29) is 18.2 Å². The lowest BCUT2D eigenvalue weighted by Crippen LogP contribution is -2.49. The molecule has 2 atom stereocenters. The molecule has 0 aliphatic heterocycles. The van der Waals surface area contributed by atoms with Gasteiger partial charge in [0, 0.05) is 25.8 Å². The van der Waals surface area contributed by atoms with Crippen molar-refractivity contribution in [3.8, 4) is 5.75 Å². The number of methoxy groups -OCH3 is 1. The van der Waals surface area contributed by atoms with Crippen LogP contribution in [0.5, 0.6) is 5.75 Å². The van der Waals surface area contributed by atoms with Gasteiger partial charge >= 0.3 is 0 Å². The normalized spacial score (nSPS) is 12.8. The number of hydroxylamine groups is 1. The number of carbonyl (C=O) groups excluding carboxylic acids is 3. The topological polar surface area (TPSA) is 117 Å². The number of hydrogen-bond donors (Lipinski definition) is 4. The Kier molecular flexibility index (Phi) is 9.29. The largest absolute Gasteiger partial charge is 0.497 e. The van der Waals surface area contributed by atoms with Crippen LogP contribution in [0.25, 0.3) is 0 Å². The molecule has 0 heterocycles. The first-order valence-corrected chi connectivity index (χ1v) is 8.88. The second kappa shape index (κ2) is 11.2. The van der Waals surface area contributed by atoms with E-state index < -0.39 is 23.8 Å². The van der Waals surface area contributed by atoms with Crippen LogP contribution in [0.15, 0.2) is 24.3 Å². The summed E-state index contributed by atoms with van der Waals surface area (Å²) in [7, 11) is 3.07. The van der Waals surface area contributed by atoms with Gasteiger partial charge in [-0.25, -0.2) is 5.48 Å². The molecule has 0 saturated heterocycles. The van der Waals surface area contributed by atoms with E-state index in [1.54, 1.807) is 24.7 Å². The molecule has 1 unspecified atom stereocenters. The maximum absolute atomic E-state index is 12.7.